The highest BCUT2D eigenvalue weighted by Gasteiger charge is 2.24. The Kier molecular flexibility index (Phi) is 4.24. The highest BCUT2D eigenvalue weighted by molar-refractivity contribution is 7.07. The SMILES string of the molecule is CN(C)c1nc([C@@H]2CCCN(Cc3cscn3)C2)cn2cccc12. The normalized spacial score (nSPS) is 19.0. The van der Waals surface area contributed by atoms with E-state index in [2.05, 4.69) is 63.2 Å². The van der Waals surface area contributed by atoms with E-state index >= 15 is 0 Å². The zero-order valence-electron chi connectivity index (χ0n) is 14.2. The van der Waals surface area contributed by atoms with E-state index in [0.29, 0.717) is 5.92 Å². The molecule has 0 unspecified atom stereocenters. The lowest BCUT2D eigenvalue weighted by atomic mass is 9.95. The van der Waals surface area contributed by atoms with Gasteiger partial charge in [-0.05, 0) is 31.5 Å². The molecule has 6 heteroatoms. The summed E-state index contributed by atoms with van der Waals surface area (Å²) >= 11 is 1.67. The Morgan fingerprint density at radius 3 is 3.08 bits per heavy atom. The van der Waals surface area contributed by atoms with E-state index in [1.54, 1.807) is 11.3 Å². The lowest BCUT2D eigenvalue weighted by Gasteiger charge is -2.32. The van der Waals surface area contributed by atoms with Gasteiger partial charge in [-0.15, -0.1) is 11.3 Å². The van der Waals surface area contributed by atoms with Crippen LogP contribution in [0.1, 0.15) is 30.1 Å². The van der Waals surface area contributed by atoms with Gasteiger partial charge in [0.1, 0.15) is 0 Å². The Bertz CT molecular complexity index is 808. The van der Waals surface area contributed by atoms with Gasteiger partial charge in [-0.2, -0.15) is 0 Å². The van der Waals surface area contributed by atoms with Crippen molar-refractivity contribution in [2.75, 3.05) is 32.1 Å². The van der Waals surface area contributed by atoms with Crippen LogP contribution in [0.2, 0.25) is 0 Å². The van der Waals surface area contributed by atoms with E-state index in [1.165, 1.54) is 29.7 Å². The molecule has 0 amide bonds. The third-order valence-corrected chi connectivity index (χ3v) is 5.37. The van der Waals surface area contributed by atoms with Crippen LogP contribution in [0.4, 0.5) is 5.82 Å². The Hall–Kier alpha value is -1.92. The maximum atomic E-state index is 4.99. The molecule has 4 heterocycles. The monoisotopic (exact) mass is 341 g/mol. The molecule has 24 heavy (non-hydrogen) atoms. The van der Waals surface area contributed by atoms with Crippen LogP contribution in [0.5, 0.6) is 0 Å². The number of hydrogen-bond acceptors (Lipinski definition) is 5. The molecule has 3 aromatic rings. The molecule has 0 saturated carbocycles. The maximum absolute atomic E-state index is 4.99. The quantitative estimate of drug-likeness (QED) is 0.730. The van der Waals surface area contributed by atoms with E-state index < -0.39 is 0 Å². The van der Waals surface area contributed by atoms with Crippen LogP contribution in [-0.2, 0) is 6.54 Å². The first-order chi connectivity index (χ1) is 11.7. The van der Waals surface area contributed by atoms with Crippen molar-refractivity contribution in [2.45, 2.75) is 25.3 Å². The molecule has 4 rings (SSSR count). The topological polar surface area (TPSA) is 36.7 Å². The average Bonchev–Trinajstić information content (AvgIpc) is 3.25. The fourth-order valence-corrected chi connectivity index (χ4v) is 4.11. The molecule has 126 valence electrons. The Labute approximate surface area is 146 Å². The molecule has 1 atom stereocenters. The second-order valence-corrected chi connectivity index (χ2v) is 7.46. The molecule has 0 N–H and O–H groups in total. The van der Waals surface area contributed by atoms with Gasteiger partial charge in [0.15, 0.2) is 5.82 Å². The van der Waals surface area contributed by atoms with Crippen LogP contribution in [0.3, 0.4) is 0 Å². The van der Waals surface area contributed by atoms with Crippen molar-refractivity contribution in [3.63, 3.8) is 0 Å². The molecule has 0 aliphatic carbocycles. The van der Waals surface area contributed by atoms with Gasteiger partial charge in [-0.1, -0.05) is 0 Å². The second-order valence-electron chi connectivity index (χ2n) is 6.74. The standard InChI is InChI=1S/C18H23N5S/c1-21(2)18-17-6-4-8-23(17)11-16(20-18)14-5-3-7-22(9-14)10-15-12-24-13-19-15/h4,6,8,11-14H,3,5,7,9-10H2,1-2H3/t14-/m1/s1. The summed E-state index contributed by atoms with van der Waals surface area (Å²) < 4.78 is 2.21. The summed E-state index contributed by atoms with van der Waals surface area (Å²) in [5, 5.41) is 2.15. The van der Waals surface area contributed by atoms with Crippen LogP contribution in [0.25, 0.3) is 5.52 Å². The van der Waals surface area contributed by atoms with Crippen LogP contribution in [0.15, 0.2) is 35.4 Å². The van der Waals surface area contributed by atoms with E-state index in [1.807, 2.05) is 5.51 Å². The number of thiazole rings is 1. The van der Waals surface area contributed by atoms with E-state index in [-0.39, 0.29) is 0 Å². The summed E-state index contributed by atoms with van der Waals surface area (Å²) in [6.07, 6.45) is 6.75. The predicted octanol–water partition coefficient (Wildman–Crippen LogP) is 3.24. The number of hydrogen-bond donors (Lipinski definition) is 0. The van der Waals surface area contributed by atoms with Gasteiger partial charge < -0.3 is 9.30 Å². The zero-order chi connectivity index (χ0) is 16.5. The Morgan fingerprint density at radius 2 is 2.29 bits per heavy atom. The Balaban J connectivity index is 1.59. The van der Waals surface area contributed by atoms with Gasteiger partial charge in [-0.25, -0.2) is 9.97 Å². The fourth-order valence-electron chi connectivity index (χ4n) is 3.56. The molecule has 1 aliphatic heterocycles. The minimum Gasteiger partial charge on any atom is -0.361 e. The molecule has 5 nitrogen and oxygen atoms in total. The van der Waals surface area contributed by atoms with Gasteiger partial charge in [-0.3, -0.25) is 4.90 Å². The van der Waals surface area contributed by atoms with E-state index in [4.69, 9.17) is 4.98 Å². The molecule has 1 fully saturated rings. The third-order valence-electron chi connectivity index (χ3n) is 4.73. The van der Waals surface area contributed by atoms with Crippen LogP contribution < -0.4 is 4.90 Å². The molecular weight excluding hydrogens is 318 g/mol. The fraction of sp³-hybridized carbons (Fsp3) is 0.444. The van der Waals surface area contributed by atoms with E-state index in [9.17, 15) is 0 Å². The van der Waals surface area contributed by atoms with Gasteiger partial charge >= 0.3 is 0 Å². The average molecular weight is 341 g/mol. The highest BCUT2D eigenvalue weighted by atomic mass is 32.1. The summed E-state index contributed by atoms with van der Waals surface area (Å²) in [5.74, 6) is 1.54. The number of fused-ring (bicyclic) bond motifs is 1. The number of nitrogens with zero attached hydrogens (tertiary/aromatic N) is 5. The largest absolute Gasteiger partial charge is 0.361 e. The second kappa shape index (κ2) is 6.53. The smallest absolute Gasteiger partial charge is 0.152 e. The van der Waals surface area contributed by atoms with Crippen LogP contribution in [-0.4, -0.2) is 46.5 Å². The molecule has 0 bridgehead atoms. The summed E-state index contributed by atoms with van der Waals surface area (Å²) in [5.41, 5.74) is 5.47. The summed E-state index contributed by atoms with van der Waals surface area (Å²) in [4.78, 5) is 14.0. The summed E-state index contributed by atoms with van der Waals surface area (Å²) in [6.45, 7) is 3.16. The van der Waals surface area contributed by atoms with Crippen molar-refractivity contribution in [1.29, 1.82) is 0 Å². The van der Waals surface area contributed by atoms with E-state index in [0.717, 1.165) is 25.5 Å². The first kappa shape index (κ1) is 15.6. The number of aromatic nitrogens is 3. The number of piperidine rings is 1. The molecule has 3 aromatic heterocycles. The molecule has 1 saturated heterocycles. The summed E-state index contributed by atoms with van der Waals surface area (Å²) in [7, 11) is 4.13. The maximum Gasteiger partial charge on any atom is 0.152 e. The van der Waals surface area contributed by atoms with Crippen LogP contribution in [0, 0.1) is 0 Å². The van der Waals surface area contributed by atoms with Crippen molar-refractivity contribution in [2.24, 2.45) is 0 Å². The number of anilines is 1. The van der Waals surface area contributed by atoms with Crippen molar-refractivity contribution in [1.82, 2.24) is 19.3 Å². The molecule has 0 radical (unpaired) electrons. The highest BCUT2D eigenvalue weighted by Crippen LogP contribution is 2.29. The third kappa shape index (κ3) is 3.03. The molecule has 0 aromatic carbocycles. The van der Waals surface area contributed by atoms with Crippen molar-refractivity contribution < 1.29 is 0 Å². The van der Waals surface area contributed by atoms with Crippen molar-refractivity contribution >= 4 is 22.7 Å². The summed E-state index contributed by atoms with van der Waals surface area (Å²) in [6, 6.07) is 4.21. The zero-order valence-corrected chi connectivity index (χ0v) is 15.0. The number of likely N-dealkylation sites (tertiary alicyclic amines) is 1. The van der Waals surface area contributed by atoms with Gasteiger partial charge in [0, 0.05) is 50.9 Å². The first-order valence-corrected chi connectivity index (χ1v) is 9.39. The predicted molar refractivity (Wildman–Crippen MR) is 98.9 cm³/mol. The van der Waals surface area contributed by atoms with Gasteiger partial charge in [0.25, 0.3) is 0 Å². The van der Waals surface area contributed by atoms with Crippen LogP contribution >= 0.6 is 11.3 Å². The lowest BCUT2D eigenvalue weighted by Crippen LogP contribution is -2.34. The lowest BCUT2D eigenvalue weighted by molar-refractivity contribution is 0.196. The van der Waals surface area contributed by atoms with Gasteiger partial charge in [0.2, 0.25) is 0 Å². The molecule has 0 spiro atoms. The minimum atomic E-state index is 0.489. The first-order valence-electron chi connectivity index (χ1n) is 8.45. The minimum absolute atomic E-state index is 0.489. The van der Waals surface area contributed by atoms with Crippen molar-refractivity contribution in [3.05, 3.63) is 46.8 Å². The van der Waals surface area contributed by atoms with Gasteiger partial charge in [0.05, 0.1) is 22.4 Å². The number of rotatable bonds is 4. The molecule has 1 aliphatic rings. The Morgan fingerprint density at radius 1 is 1.38 bits per heavy atom. The molecular formula is C18H23N5S. The van der Waals surface area contributed by atoms with Crippen molar-refractivity contribution in [3.8, 4) is 0 Å².